The molecule has 22 heavy (non-hydrogen) atoms. The molecule has 0 saturated heterocycles. The van der Waals surface area contributed by atoms with Gasteiger partial charge >= 0.3 is 0 Å². The van der Waals surface area contributed by atoms with Gasteiger partial charge in [0.25, 0.3) is 10.0 Å². The van der Waals surface area contributed by atoms with Crippen LogP contribution in [0, 0.1) is 0 Å². The van der Waals surface area contributed by atoms with Crippen LogP contribution in [0.25, 0.3) is 0 Å². The summed E-state index contributed by atoms with van der Waals surface area (Å²) in [6, 6.07) is 10.9. The van der Waals surface area contributed by atoms with Gasteiger partial charge in [-0.3, -0.25) is 4.31 Å². The first-order valence-corrected chi connectivity index (χ1v) is 8.85. The van der Waals surface area contributed by atoms with Crippen molar-refractivity contribution in [1.82, 2.24) is 0 Å². The highest BCUT2D eigenvalue weighted by molar-refractivity contribution is 7.92. The zero-order valence-electron chi connectivity index (χ0n) is 11.4. The molecule has 4 nitrogen and oxygen atoms in total. The Balaban J connectivity index is 2.09. The third-order valence-electron chi connectivity index (χ3n) is 3.62. The van der Waals surface area contributed by atoms with Gasteiger partial charge in [0.15, 0.2) is 0 Å². The molecular formula is C15H13Cl2NO3S. The van der Waals surface area contributed by atoms with Gasteiger partial charge < -0.3 is 5.11 Å². The van der Waals surface area contributed by atoms with Gasteiger partial charge in [0.2, 0.25) is 0 Å². The minimum atomic E-state index is -3.71. The number of benzene rings is 2. The molecule has 0 radical (unpaired) electrons. The van der Waals surface area contributed by atoms with Crippen LogP contribution in [0.5, 0.6) is 0 Å². The summed E-state index contributed by atoms with van der Waals surface area (Å²) >= 11 is 11.8. The number of nitrogens with zero attached hydrogens (tertiary/aromatic N) is 1. The molecule has 2 aromatic carbocycles. The lowest BCUT2D eigenvalue weighted by atomic mass is 10.0. The standard InChI is InChI=1S/C15H13Cl2NO3S/c16-10-1-4-12(5-2-10)22(20,21)18-8-7-15(19)13-9-11(17)3-6-14(13)18/h1-6,9,15,19H,7-8H2. The average Bonchev–Trinajstić information content (AvgIpc) is 2.48. The Hall–Kier alpha value is -1.27. The fourth-order valence-electron chi connectivity index (χ4n) is 2.52. The molecule has 0 aromatic heterocycles. The summed E-state index contributed by atoms with van der Waals surface area (Å²) in [4.78, 5) is 0.161. The van der Waals surface area contributed by atoms with Crippen molar-refractivity contribution < 1.29 is 13.5 Å². The second kappa shape index (κ2) is 5.74. The SMILES string of the molecule is O=S(=O)(c1ccc(Cl)cc1)N1CCC(O)c2cc(Cl)ccc21. The molecule has 3 rings (SSSR count). The number of rotatable bonds is 2. The highest BCUT2D eigenvalue weighted by Crippen LogP contribution is 2.38. The van der Waals surface area contributed by atoms with E-state index in [0.717, 1.165) is 0 Å². The maximum absolute atomic E-state index is 12.8. The van der Waals surface area contributed by atoms with Crippen molar-refractivity contribution in [2.75, 3.05) is 10.8 Å². The number of anilines is 1. The summed E-state index contributed by atoms with van der Waals surface area (Å²) in [6.45, 7) is 0.209. The molecule has 0 saturated carbocycles. The van der Waals surface area contributed by atoms with E-state index in [2.05, 4.69) is 0 Å². The fraction of sp³-hybridized carbons (Fsp3) is 0.200. The topological polar surface area (TPSA) is 57.6 Å². The molecule has 116 valence electrons. The maximum Gasteiger partial charge on any atom is 0.264 e. The van der Waals surface area contributed by atoms with E-state index < -0.39 is 16.1 Å². The number of fused-ring (bicyclic) bond motifs is 1. The van der Waals surface area contributed by atoms with Crippen LogP contribution in [-0.4, -0.2) is 20.1 Å². The molecule has 2 aromatic rings. The fourth-order valence-corrected chi connectivity index (χ4v) is 4.33. The lowest BCUT2D eigenvalue weighted by molar-refractivity contribution is 0.166. The van der Waals surface area contributed by atoms with Gasteiger partial charge in [0.05, 0.1) is 16.7 Å². The molecule has 0 fully saturated rings. The second-order valence-electron chi connectivity index (χ2n) is 5.04. The number of halogens is 2. The molecule has 7 heteroatoms. The van der Waals surface area contributed by atoms with Crippen LogP contribution in [0.15, 0.2) is 47.4 Å². The lowest BCUT2D eigenvalue weighted by Gasteiger charge is -2.33. The molecular weight excluding hydrogens is 345 g/mol. The molecule has 1 unspecified atom stereocenters. The summed E-state index contributed by atoms with van der Waals surface area (Å²) < 4.78 is 26.9. The van der Waals surface area contributed by atoms with E-state index in [0.29, 0.717) is 27.7 Å². The summed E-state index contributed by atoms with van der Waals surface area (Å²) in [5.74, 6) is 0. The molecule has 0 spiro atoms. The lowest BCUT2D eigenvalue weighted by Crippen LogP contribution is -2.36. The Morgan fingerprint density at radius 3 is 2.36 bits per heavy atom. The first-order valence-electron chi connectivity index (χ1n) is 6.65. The summed E-state index contributed by atoms with van der Waals surface area (Å²) in [6.07, 6.45) is -0.398. The van der Waals surface area contributed by atoms with Crippen LogP contribution in [0.3, 0.4) is 0 Å². The highest BCUT2D eigenvalue weighted by atomic mass is 35.5. The van der Waals surface area contributed by atoms with Gasteiger partial charge in [0, 0.05) is 22.2 Å². The third-order valence-corrected chi connectivity index (χ3v) is 5.94. The first kappa shape index (κ1) is 15.6. The summed E-state index contributed by atoms with van der Waals surface area (Å²) in [5, 5.41) is 11.0. The Kier molecular flexibility index (Phi) is 4.07. The van der Waals surface area contributed by atoms with E-state index in [4.69, 9.17) is 23.2 Å². The highest BCUT2D eigenvalue weighted by Gasteiger charge is 2.32. The van der Waals surface area contributed by atoms with E-state index in [-0.39, 0.29) is 11.4 Å². The van der Waals surface area contributed by atoms with Crippen molar-refractivity contribution in [2.45, 2.75) is 17.4 Å². The van der Waals surface area contributed by atoms with Gasteiger partial charge in [0.1, 0.15) is 0 Å². The number of hydrogen-bond donors (Lipinski definition) is 1. The van der Waals surface area contributed by atoms with E-state index in [9.17, 15) is 13.5 Å². The third kappa shape index (κ3) is 2.70. The van der Waals surface area contributed by atoms with Crippen LogP contribution >= 0.6 is 23.2 Å². The average molecular weight is 358 g/mol. The monoisotopic (exact) mass is 357 g/mol. The van der Waals surface area contributed by atoms with Crippen molar-refractivity contribution in [3.05, 3.63) is 58.1 Å². The van der Waals surface area contributed by atoms with Gasteiger partial charge in [-0.2, -0.15) is 0 Å². The van der Waals surface area contributed by atoms with E-state index >= 15 is 0 Å². The quantitative estimate of drug-likeness (QED) is 0.892. The Morgan fingerprint density at radius 1 is 1.05 bits per heavy atom. The largest absolute Gasteiger partial charge is 0.388 e. The minimum absolute atomic E-state index is 0.161. The van der Waals surface area contributed by atoms with Crippen molar-refractivity contribution in [2.24, 2.45) is 0 Å². The molecule has 0 bridgehead atoms. The Bertz CT molecular complexity index is 806. The number of aliphatic hydroxyl groups excluding tert-OH is 1. The van der Waals surface area contributed by atoms with Crippen LogP contribution in [-0.2, 0) is 10.0 Å². The minimum Gasteiger partial charge on any atom is -0.388 e. The zero-order chi connectivity index (χ0) is 15.9. The van der Waals surface area contributed by atoms with Gasteiger partial charge in [-0.15, -0.1) is 0 Å². The van der Waals surface area contributed by atoms with Gasteiger partial charge in [-0.25, -0.2) is 8.42 Å². The predicted octanol–water partition coefficient (Wildman–Crippen LogP) is 3.63. The molecule has 0 aliphatic carbocycles. The van der Waals surface area contributed by atoms with E-state index in [1.165, 1.54) is 28.6 Å². The van der Waals surface area contributed by atoms with Crippen molar-refractivity contribution in [3.63, 3.8) is 0 Å². The van der Waals surface area contributed by atoms with Gasteiger partial charge in [-0.1, -0.05) is 23.2 Å². The smallest absolute Gasteiger partial charge is 0.264 e. The van der Waals surface area contributed by atoms with Crippen molar-refractivity contribution in [1.29, 1.82) is 0 Å². The summed E-state index contributed by atoms with van der Waals surface area (Å²) in [5.41, 5.74) is 0.981. The molecule has 0 amide bonds. The van der Waals surface area contributed by atoms with Crippen LogP contribution in [0.2, 0.25) is 10.0 Å². The van der Waals surface area contributed by atoms with Crippen LogP contribution in [0.4, 0.5) is 5.69 Å². The predicted molar refractivity (Wildman–Crippen MR) is 87.0 cm³/mol. The molecule has 1 atom stereocenters. The zero-order valence-corrected chi connectivity index (χ0v) is 13.7. The second-order valence-corrected chi connectivity index (χ2v) is 7.77. The van der Waals surface area contributed by atoms with E-state index in [1.54, 1.807) is 18.2 Å². The number of aliphatic hydroxyl groups is 1. The summed E-state index contributed by atoms with van der Waals surface area (Å²) in [7, 11) is -3.71. The molecule has 1 heterocycles. The van der Waals surface area contributed by atoms with Crippen LogP contribution < -0.4 is 4.31 Å². The number of hydrogen-bond acceptors (Lipinski definition) is 3. The van der Waals surface area contributed by atoms with Crippen LogP contribution in [0.1, 0.15) is 18.1 Å². The number of sulfonamides is 1. The Morgan fingerprint density at radius 2 is 1.68 bits per heavy atom. The van der Waals surface area contributed by atoms with Crippen molar-refractivity contribution >= 4 is 38.9 Å². The maximum atomic E-state index is 12.8. The normalized spacial score (nSPS) is 18.1. The van der Waals surface area contributed by atoms with Crippen molar-refractivity contribution in [3.8, 4) is 0 Å². The van der Waals surface area contributed by atoms with Gasteiger partial charge in [-0.05, 0) is 48.9 Å². The van der Waals surface area contributed by atoms with E-state index in [1.807, 2.05) is 0 Å². The Labute approximate surface area is 138 Å². The molecule has 1 N–H and O–H groups in total. The molecule has 1 aliphatic rings. The first-order chi connectivity index (χ1) is 10.4. The molecule has 1 aliphatic heterocycles.